The first-order valence-electron chi connectivity index (χ1n) is 9.96. The van der Waals surface area contributed by atoms with Crippen LogP contribution in [0.4, 0.5) is 42.5 Å². The molecular weight excluding hydrogens is 510 g/mol. The second-order valence-corrected chi connectivity index (χ2v) is 8.78. The molecule has 0 saturated carbocycles. The van der Waals surface area contributed by atoms with Gasteiger partial charge < -0.3 is 19.6 Å². The lowest BCUT2D eigenvalue weighted by atomic mass is 9.95. The summed E-state index contributed by atoms with van der Waals surface area (Å²) in [6.07, 6.45) is -12.8. The number of nitrogens with zero attached hydrogens (tertiary/aromatic N) is 2. The van der Waals surface area contributed by atoms with Gasteiger partial charge in [-0.2, -0.15) is 30.6 Å². The normalized spacial score (nSPS) is 26.0. The maximum atomic E-state index is 13.3. The van der Waals surface area contributed by atoms with Crippen molar-refractivity contribution in [1.29, 1.82) is 0 Å². The summed E-state index contributed by atoms with van der Waals surface area (Å²) in [5, 5.41) is 9.54. The number of benzene rings is 2. The lowest BCUT2D eigenvalue weighted by molar-refractivity contribution is -0.138. The molecule has 8 nitrogen and oxygen atoms in total. The maximum absolute atomic E-state index is 13.3. The zero-order chi connectivity index (χ0) is 25.3. The molecule has 1 N–H and O–H groups in total. The molecule has 0 spiro atoms. The Kier molecular flexibility index (Phi) is 5.41. The summed E-state index contributed by atoms with van der Waals surface area (Å²) in [5.74, 6) is -0.786. The van der Waals surface area contributed by atoms with Crippen molar-refractivity contribution < 1.29 is 53.6 Å². The first-order valence-corrected chi connectivity index (χ1v) is 11.0. The number of likely N-dealkylation sites (tertiary alicyclic amines) is 1. The Bertz CT molecular complexity index is 1160. The molecule has 188 valence electrons. The van der Waals surface area contributed by atoms with Crippen LogP contribution in [-0.2, 0) is 32.1 Å². The van der Waals surface area contributed by atoms with E-state index < -0.39 is 70.7 Å². The van der Waals surface area contributed by atoms with Crippen LogP contribution in [0.25, 0.3) is 0 Å². The van der Waals surface area contributed by atoms with Crippen molar-refractivity contribution in [3.63, 3.8) is 0 Å². The average molecular weight is 524 g/mol. The van der Waals surface area contributed by atoms with Crippen LogP contribution in [-0.4, -0.2) is 51.6 Å². The topological polar surface area (TPSA) is 88.5 Å². The van der Waals surface area contributed by atoms with Crippen LogP contribution in [0.1, 0.15) is 11.1 Å². The molecule has 4 unspecified atom stereocenters. The van der Waals surface area contributed by atoms with E-state index in [2.05, 4.69) is 0 Å². The SMILES string of the molecule is O=C(O)N1CC2OS(=O)OC2C(N2c3ccc(C(F)(F)F)cc3Oc3cc(C(F)(F)F)ccc32)C1. The number of piperidine rings is 1. The number of fused-ring (bicyclic) bond motifs is 3. The van der Waals surface area contributed by atoms with Gasteiger partial charge in [0.2, 0.25) is 0 Å². The van der Waals surface area contributed by atoms with Crippen molar-refractivity contribution >= 4 is 28.8 Å². The highest BCUT2D eigenvalue weighted by atomic mass is 32.2. The van der Waals surface area contributed by atoms with Crippen molar-refractivity contribution in [2.45, 2.75) is 30.6 Å². The molecule has 2 saturated heterocycles. The quantitative estimate of drug-likeness (QED) is 0.542. The third kappa shape index (κ3) is 4.16. The number of rotatable bonds is 1. The number of anilines is 2. The Balaban J connectivity index is 1.67. The highest BCUT2D eigenvalue weighted by Crippen LogP contribution is 2.52. The van der Waals surface area contributed by atoms with Gasteiger partial charge in [0.05, 0.1) is 35.1 Å². The van der Waals surface area contributed by atoms with Crippen LogP contribution < -0.4 is 9.64 Å². The Morgan fingerprint density at radius 2 is 1.46 bits per heavy atom. The third-order valence-electron chi connectivity index (χ3n) is 5.86. The molecule has 3 aliphatic heterocycles. The average Bonchev–Trinajstić information content (AvgIpc) is 3.15. The van der Waals surface area contributed by atoms with Gasteiger partial charge in [-0.3, -0.25) is 8.37 Å². The maximum Gasteiger partial charge on any atom is 0.416 e. The van der Waals surface area contributed by atoms with Gasteiger partial charge in [0, 0.05) is 6.54 Å². The van der Waals surface area contributed by atoms with Crippen LogP contribution in [0.3, 0.4) is 0 Å². The van der Waals surface area contributed by atoms with Crippen LogP contribution in [0, 0.1) is 0 Å². The molecule has 4 atom stereocenters. The highest BCUT2D eigenvalue weighted by molar-refractivity contribution is 7.75. The largest absolute Gasteiger partial charge is 0.465 e. The molecule has 2 aromatic carbocycles. The van der Waals surface area contributed by atoms with E-state index in [1.807, 2.05) is 0 Å². The second kappa shape index (κ2) is 7.99. The fraction of sp³-hybridized carbons (Fsp3) is 0.350. The summed E-state index contributed by atoms with van der Waals surface area (Å²) >= 11 is -2.22. The molecule has 0 aromatic heterocycles. The molecule has 0 aliphatic carbocycles. The van der Waals surface area contributed by atoms with E-state index in [-0.39, 0.29) is 24.5 Å². The molecule has 2 fully saturated rings. The number of ether oxygens (including phenoxy) is 1. The Labute approximate surface area is 195 Å². The molecule has 0 bridgehead atoms. The minimum Gasteiger partial charge on any atom is -0.465 e. The van der Waals surface area contributed by atoms with Gasteiger partial charge in [-0.25, -0.2) is 4.79 Å². The van der Waals surface area contributed by atoms with E-state index in [9.17, 15) is 40.5 Å². The molecule has 1 amide bonds. The molecule has 2 aromatic rings. The van der Waals surface area contributed by atoms with Crippen LogP contribution in [0.2, 0.25) is 0 Å². The van der Waals surface area contributed by atoms with Gasteiger partial charge in [-0.1, -0.05) is 0 Å². The zero-order valence-corrected chi connectivity index (χ0v) is 18.0. The predicted octanol–water partition coefficient (Wildman–Crippen LogP) is 4.69. The van der Waals surface area contributed by atoms with Crippen molar-refractivity contribution in [3.05, 3.63) is 47.5 Å². The van der Waals surface area contributed by atoms with E-state index in [0.717, 1.165) is 29.2 Å². The van der Waals surface area contributed by atoms with Gasteiger partial charge in [0.25, 0.3) is 0 Å². The van der Waals surface area contributed by atoms with Crippen molar-refractivity contribution in [1.82, 2.24) is 4.90 Å². The van der Waals surface area contributed by atoms with Crippen molar-refractivity contribution in [2.24, 2.45) is 0 Å². The predicted molar refractivity (Wildman–Crippen MR) is 106 cm³/mol. The molecule has 15 heteroatoms. The fourth-order valence-electron chi connectivity index (χ4n) is 4.33. The van der Waals surface area contributed by atoms with Crippen LogP contribution in [0.5, 0.6) is 11.5 Å². The monoisotopic (exact) mass is 524 g/mol. The minimum atomic E-state index is -4.76. The third-order valence-corrected chi connectivity index (χ3v) is 6.64. The smallest absolute Gasteiger partial charge is 0.416 e. The Morgan fingerprint density at radius 1 is 0.914 bits per heavy atom. The van der Waals surface area contributed by atoms with Crippen LogP contribution >= 0.6 is 0 Å². The first-order chi connectivity index (χ1) is 16.3. The molecule has 3 aliphatic rings. The van der Waals surface area contributed by atoms with Gasteiger partial charge in [0.15, 0.2) is 11.5 Å². The van der Waals surface area contributed by atoms with Gasteiger partial charge in [0.1, 0.15) is 12.2 Å². The number of alkyl halides is 6. The molecule has 3 heterocycles. The van der Waals surface area contributed by atoms with E-state index in [4.69, 9.17) is 13.1 Å². The molecule has 5 rings (SSSR count). The summed E-state index contributed by atoms with van der Waals surface area (Å²) in [5.41, 5.74) is -2.13. The zero-order valence-electron chi connectivity index (χ0n) is 17.2. The number of carbonyl (C=O) groups is 1. The number of amides is 1. The lowest BCUT2D eigenvalue weighted by Crippen LogP contribution is -2.60. The number of carboxylic acid groups (broad SMARTS) is 1. The summed E-state index contributed by atoms with van der Waals surface area (Å²) in [4.78, 5) is 14.0. The Morgan fingerprint density at radius 3 is 1.94 bits per heavy atom. The van der Waals surface area contributed by atoms with E-state index in [1.165, 1.54) is 4.90 Å². The van der Waals surface area contributed by atoms with Crippen LogP contribution in [0.15, 0.2) is 36.4 Å². The molecule has 35 heavy (non-hydrogen) atoms. The Hall–Kier alpha value is -3.04. The second-order valence-electron chi connectivity index (χ2n) is 7.99. The molecule has 0 radical (unpaired) electrons. The first kappa shape index (κ1) is 23.7. The summed E-state index contributed by atoms with van der Waals surface area (Å²) in [6, 6.07) is 3.94. The summed E-state index contributed by atoms with van der Waals surface area (Å²) in [6.45, 7) is -0.454. The highest BCUT2D eigenvalue weighted by Gasteiger charge is 2.51. The summed E-state index contributed by atoms with van der Waals surface area (Å²) in [7, 11) is 0. The molecular formula is C20H14F6N2O6S. The number of hydrogen-bond acceptors (Lipinski definition) is 6. The van der Waals surface area contributed by atoms with Crippen molar-refractivity contribution in [2.75, 3.05) is 18.0 Å². The van der Waals surface area contributed by atoms with E-state index in [0.29, 0.717) is 12.1 Å². The number of hydrogen-bond donors (Lipinski definition) is 1. The lowest BCUT2D eigenvalue weighted by Gasteiger charge is -2.45. The van der Waals surface area contributed by atoms with Gasteiger partial charge in [-0.05, 0) is 36.4 Å². The van der Waals surface area contributed by atoms with Crippen molar-refractivity contribution in [3.8, 4) is 11.5 Å². The van der Waals surface area contributed by atoms with Gasteiger partial charge >= 0.3 is 29.8 Å². The van der Waals surface area contributed by atoms with E-state index in [1.54, 1.807) is 0 Å². The number of halogens is 6. The van der Waals surface area contributed by atoms with Gasteiger partial charge in [-0.15, -0.1) is 0 Å². The standard InChI is InChI=1S/C20H14F6N2O6S/c21-19(22,23)9-1-3-11-14(5-9)32-15-6-10(20(24,25)26)2-4-12(15)28(11)13-7-27(18(29)30)8-16-17(13)34-35(31)33-16/h1-6,13,16-17H,7-8H2,(H,29,30). The summed E-state index contributed by atoms with van der Waals surface area (Å²) < 4.78 is 108. The fourth-order valence-corrected chi connectivity index (χ4v) is 5.18. The van der Waals surface area contributed by atoms with E-state index >= 15 is 0 Å². The minimum absolute atomic E-state index is 0.0301.